The second-order valence-corrected chi connectivity index (χ2v) is 6.04. The number of carbonyl (C=O) groups excluding carboxylic acids is 1. The Morgan fingerprint density at radius 3 is 2.95 bits per heavy atom. The van der Waals surface area contributed by atoms with Gasteiger partial charge in [-0.05, 0) is 32.6 Å². The molecule has 1 aliphatic carbocycles. The Morgan fingerprint density at radius 2 is 2.20 bits per heavy atom. The van der Waals surface area contributed by atoms with Crippen LogP contribution in [0.3, 0.4) is 0 Å². The molecule has 2 heterocycles. The molecule has 3 rings (SSSR count). The Balaban J connectivity index is 1.97. The molecule has 2 atom stereocenters. The predicted molar refractivity (Wildman–Crippen MR) is 72.5 cm³/mol. The van der Waals surface area contributed by atoms with Crippen LogP contribution in [0.15, 0.2) is 0 Å². The molecule has 20 heavy (non-hydrogen) atoms. The van der Waals surface area contributed by atoms with E-state index in [0.717, 1.165) is 30.5 Å². The zero-order valence-electron chi connectivity index (χ0n) is 11.5. The van der Waals surface area contributed by atoms with Gasteiger partial charge >= 0.3 is 5.97 Å². The maximum Gasteiger partial charge on any atom is 0.306 e. The van der Waals surface area contributed by atoms with Crippen LogP contribution in [0, 0.1) is 12.8 Å². The summed E-state index contributed by atoms with van der Waals surface area (Å²) >= 11 is 0. The molecule has 2 unspecified atom stereocenters. The zero-order chi connectivity index (χ0) is 14.3. The summed E-state index contributed by atoms with van der Waals surface area (Å²) in [6.07, 6.45) is 4.21. The largest absolute Gasteiger partial charge is 0.481 e. The first kappa shape index (κ1) is 13.1. The minimum Gasteiger partial charge on any atom is -0.481 e. The third kappa shape index (κ3) is 1.99. The predicted octanol–water partition coefficient (Wildman–Crippen LogP) is 1.96. The van der Waals surface area contributed by atoms with E-state index in [9.17, 15) is 14.7 Å². The number of carboxylic acids is 1. The topological polar surface area (TPSA) is 95.1 Å². The molecule has 2 aliphatic rings. The van der Waals surface area contributed by atoms with E-state index < -0.39 is 5.97 Å². The monoisotopic (exact) mass is 277 g/mol. The molecular weight excluding hydrogens is 258 g/mol. The molecule has 1 aromatic rings. The number of fused-ring (bicyclic) bond motifs is 2. The number of aromatic amines is 1. The van der Waals surface area contributed by atoms with Gasteiger partial charge in [0, 0.05) is 23.1 Å². The van der Waals surface area contributed by atoms with Gasteiger partial charge in [0.25, 0.3) is 0 Å². The van der Waals surface area contributed by atoms with Crippen molar-refractivity contribution in [2.45, 2.75) is 50.9 Å². The number of nitrogens with zero attached hydrogens (tertiary/aromatic N) is 1. The van der Waals surface area contributed by atoms with E-state index in [4.69, 9.17) is 0 Å². The highest BCUT2D eigenvalue weighted by Crippen LogP contribution is 2.48. The van der Waals surface area contributed by atoms with Crippen LogP contribution >= 0.6 is 0 Å². The van der Waals surface area contributed by atoms with Crippen molar-refractivity contribution in [3.8, 4) is 0 Å². The second kappa shape index (κ2) is 4.61. The van der Waals surface area contributed by atoms with Crippen LogP contribution in [0.4, 0.5) is 5.82 Å². The number of amides is 1. The molecule has 108 valence electrons. The minimum atomic E-state index is -0.716. The van der Waals surface area contributed by atoms with Gasteiger partial charge in [-0.2, -0.15) is 5.10 Å². The van der Waals surface area contributed by atoms with Gasteiger partial charge in [-0.3, -0.25) is 14.7 Å². The molecule has 0 saturated heterocycles. The molecule has 1 saturated carbocycles. The van der Waals surface area contributed by atoms with E-state index >= 15 is 0 Å². The minimum absolute atomic E-state index is 0.0159. The number of rotatable bonds is 1. The summed E-state index contributed by atoms with van der Waals surface area (Å²) < 4.78 is 0. The third-order valence-corrected chi connectivity index (χ3v) is 4.76. The first-order valence-corrected chi connectivity index (χ1v) is 7.10. The van der Waals surface area contributed by atoms with Crippen molar-refractivity contribution in [1.29, 1.82) is 0 Å². The number of aryl methyl sites for hydroxylation is 1. The van der Waals surface area contributed by atoms with Gasteiger partial charge in [0.1, 0.15) is 0 Å². The highest BCUT2D eigenvalue weighted by Gasteiger charge is 2.44. The van der Waals surface area contributed by atoms with E-state index in [-0.39, 0.29) is 17.2 Å². The summed E-state index contributed by atoms with van der Waals surface area (Å²) in [7, 11) is 0. The van der Waals surface area contributed by atoms with E-state index in [1.54, 1.807) is 0 Å². The summed E-state index contributed by atoms with van der Waals surface area (Å²) in [6.45, 7) is 1.96. The van der Waals surface area contributed by atoms with Crippen LogP contribution in [-0.2, 0) is 15.0 Å². The first-order chi connectivity index (χ1) is 9.52. The lowest BCUT2D eigenvalue weighted by Gasteiger charge is -2.36. The first-order valence-electron chi connectivity index (χ1n) is 7.10. The molecule has 0 bridgehead atoms. The molecular formula is C14H19N3O3. The normalized spacial score (nSPS) is 29.6. The fraction of sp³-hybridized carbons (Fsp3) is 0.643. The maximum absolute atomic E-state index is 12.0. The van der Waals surface area contributed by atoms with Gasteiger partial charge in [0.05, 0.1) is 5.92 Å². The number of aromatic nitrogens is 2. The quantitative estimate of drug-likeness (QED) is 0.731. The second-order valence-electron chi connectivity index (χ2n) is 6.04. The fourth-order valence-electron chi connectivity index (χ4n) is 3.82. The lowest BCUT2D eigenvalue weighted by molar-refractivity contribution is -0.142. The van der Waals surface area contributed by atoms with Crippen molar-refractivity contribution in [2.24, 2.45) is 5.92 Å². The number of hydrogen-bond donors (Lipinski definition) is 3. The summed E-state index contributed by atoms with van der Waals surface area (Å²) in [5, 5.41) is 19.1. The van der Waals surface area contributed by atoms with E-state index in [0.29, 0.717) is 25.1 Å². The van der Waals surface area contributed by atoms with E-state index in [1.807, 2.05) is 6.92 Å². The van der Waals surface area contributed by atoms with E-state index in [1.165, 1.54) is 0 Å². The van der Waals surface area contributed by atoms with Crippen molar-refractivity contribution in [2.75, 3.05) is 5.32 Å². The Hall–Kier alpha value is -1.85. The number of hydrogen-bond acceptors (Lipinski definition) is 3. The molecule has 1 fully saturated rings. The summed E-state index contributed by atoms with van der Waals surface area (Å²) in [5.41, 5.74) is 1.83. The fourth-order valence-corrected chi connectivity index (χ4v) is 3.82. The third-order valence-electron chi connectivity index (χ3n) is 4.76. The SMILES string of the molecule is Cc1[nH]nc2c1C1(CCCC(C(=O)O)CC1)CC(=O)N2. The highest BCUT2D eigenvalue weighted by molar-refractivity contribution is 5.94. The van der Waals surface area contributed by atoms with Crippen molar-refractivity contribution in [3.05, 3.63) is 11.3 Å². The van der Waals surface area contributed by atoms with Crippen molar-refractivity contribution >= 4 is 17.7 Å². The highest BCUT2D eigenvalue weighted by atomic mass is 16.4. The van der Waals surface area contributed by atoms with Crippen LogP contribution in [-0.4, -0.2) is 27.2 Å². The maximum atomic E-state index is 12.0. The Labute approximate surface area is 116 Å². The van der Waals surface area contributed by atoms with Gasteiger partial charge < -0.3 is 10.4 Å². The number of carbonyl (C=O) groups is 2. The van der Waals surface area contributed by atoms with Crippen LogP contribution in [0.25, 0.3) is 0 Å². The Morgan fingerprint density at radius 1 is 1.40 bits per heavy atom. The van der Waals surface area contributed by atoms with Crippen LogP contribution in [0.1, 0.15) is 49.8 Å². The molecule has 6 nitrogen and oxygen atoms in total. The molecule has 1 amide bonds. The van der Waals surface area contributed by atoms with Crippen LogP contribution in [0.5, 0.6) is 0 Å². The number of H-pyrrole nitrogens is 1. The van der Waals surface area contributed by atoms with E-state index in [2.05, 4.69) is 15.5 Å². The summed E-state index contributed by atoms with van der Waals surface area (Å²) in [4.78, 5) is 23.2. The number of carboxylic acid groups (broad SMARTS) is 1. The Bertz CT molecular complexity index is 566. The molecule has 1 spiro atoms. The lowest BCUT2D eigenvalue weighted by Crippen LogP contribution is -2.37. The van der Waals surface area contributed by atoms with Gasteiger partial charge in [-0.1, -0.05) is 6.42 Å². The number of nitrogens with one attached hydrogen (secondary N) is 2. The molecule has 0 radical (unpaired) electrons. The number of anilines is 1. The van der Waals surface area contributed by atoms with Crippen molar-refractivity contribution < 1.29 is 14.7 Å². The van der Waals surface area contributed by atoms with Gasteiger partial charge in [-0.25, -0.2) is 0 Å². The van der Waals surface area contributed by atoms with Gasteiger partial charge in [-0.15, -0.1) is 0 Å². The smallest absolute Gasteiger partial charge is 0.306 e. The molecule has 0 aromatic carbocycles. The Kier molecular flexibility index (Phi) is 3.03. The van der Waals surface area contributed by atoms with Crippen molar-refractivity contribution in [1.82, 2.24) is 10.2 Å². The zero-order valence-corrected chi connectivity index (χ0v) is 11.5. The molecule has 3 N–H and O–H groups in total. The van der Waals surface area contributed by atoms with Crippen molar-refractivity contribution in [3.63, 3.8) is 0 Å². The van der Waals surface area contributed by atoms with Crippen LogP contribution in [0.2, 0.25) is 0 Å². The molecule has 1 aromatic heterocycles. The summed E-state index contributed by atoms with van der Waals surface area (Å²) in [5.74, 6) is -0.383. The number of aliphatic carboxylic acids is 1. The average Bonchev–Trinajstić information content (AvgIpc) is 2.63. The molecule has 6 heteroatoms. The van der Waals surface area contributed by atoms with Crippen LogP contribution < -0.4 is 5.32 Å². The van der Waals surface area contributed by atoms with Gasteiger partial charge in [0.2, 0.25) is 5.91 Å². The summed E-state index contributed by atoms with van der Waals surface area (Å²) in [6, 6.07) is 0. The van der Waals surface area contributed by atoms with Gasteiger partial charge in [0.15, 0.2) is 5.82 Å². The lowest BCUT2D eigenvalue weighted by atomic mass is 9.69. The average molecular weight is 277 g/mol. The standard InChI is InChI=1S/C14H19N3O3/c1-8-11-12(17-16-8)15-10(18)7-14(11)5-2-3-9(4-6-14)13(19)20/h9H,2-7H2,1H3,(H,19,20)(H2,15,16,17,18). The molecule has 1 aliphatic heterocycles.